The van der Waals surface area contributed by atoms with E-state index in [9.17, 15) is 13.2 Å². The van der Waals surface area contributed by atoms with E-state index in [4.69, 9.17) is 22.6 Å². The average molecular weight is 237 g/mol. The van der Waals surface area contributed by atoms with Gasteiger partial charge < -0.3 is 10.5 Å². The minimum atomic E-state index is -4.85. The lowest BCUT2D eigenvalue weighted by atomic mass is 10.2. The lowest BCUT2D eigenvalue weighted by molar-refractivity contribution is -0.274. The standard InChI is InChI=1S/C8H4ClF3N2O/c9-5-2-6(14)4(3-13)1-7(5)15-8(10,11)12/h1-2H,14H2. The Hall–Kier alpha value is -1.61. The van der Waals surface area contributed by atoms with Crippen molar-refractivity contribution in [3.05, 3.63) is 22.7 Å². The van der Waals surface area contributed by atoms with Crippen molar-refractivity contribution in [2.45, 2.75) is 6.36 Å². The van der Waals surface area contributed by atoms with E-state index in [2.05, 4.69) is 4.74 Å². The number of benzene rings is 1. The van der Waals surface area contributed by atoms with Gasteiger partial charge in [-0.25, -0.2) is 0 Å². The van der Waals surface area contributed by atoms with Crippen LogP contribution in [-0.2, 0) is 0 Å². The predicted octanol–water partition coefficient (Wildman–Crippen LogP) is 2.69. The normalized spacial score (nSPS) is 10.9. The van der Waals surface area contributed by atoms with Crippen molar-refractivity contribution in [2.24, 2.45) is 0 Å². The molecule has 0 aromatic heterocycles. The minimum Gasteiger partial charge on any atom is -0.404 e. The highest BCUT2D eigenvalue weighted by molar-refractivity contribution is 6.32. The molecule has 0 heterocycles. The highest BCUT2D eigenvalue weighted by Crippen LogP contribution is 2.33. The van der Waals surface area contributed by atoms with Crippen molar-refractivity contribution < 1.29 is 17.9 Å². The highest BCUT2D eigenvalue weighted by Gasteiger charge is 2.32. The Morgan fingerprint density at radius 3 is 2.47 bits per heavy atom. The zero-order valence-corrected chi connectivity index (χ0v) is 7.86. The Kier molecular flexibility index (Phi) is 2.95. The molecule has 3 nitrogen and oxygen atoms in total. The fourth-order valence-corrected chi connectivity index (χ4v) is 1.08. The summed E-state index contributed by atoms with van der Waals surface area (Å²) in [4.78, 5) is 0. The fourth-order valence-electron chi connectivity index (χ4n) is 0.868. The maximum absolute atomic E-state index is 11.9. The van der Waals surface area contributed by atoms with Crippen LogP contribution in [0.1, 0.15) is 5.56 Å². The SMILES string of the molecule is N#Cc1cc(OC(F)(F)F)c(Cl)cc1N. The van der Waals surface area contributed by atoms with Gasteiger partial charge in [-0.3, -0.25) is 0 Å². The number of nitrogen functional groups attached to an aromatic ring is 1. The van der Waals surface area contributed by atoms with Crippen molar-refractivity contribution >= 4 is 17.3 Å². The van der Waals surface area contributed by atoms with Crippen LogP contribution in [0.4, 0.5) is 18.9 Å². The van der Waals surface area contributed by atoms with Gasteiger partial charge in [0.2, 0.25) is 0 Å². The topological polar surface area (TPSA) is 59.0 Å². The molecule has 0 bridgehead atoms. The smallest absolute Gasteiger partial charge is 0.404 e. The lowest BCUT2D eigenvalue weighted by Crippen LogP contribution is -2.17. The van der Waals surface area contributed by atoms with E-state index in [1.165, 1.54) is 0 Å². The Bertz CT molecular complexity index is 425. The van der Waals surface area contributed by atoms with Crippen LogP contribution in [0, 0.1) is 11.3 Å². The fraction of sp³-hybridized carbons (Fsp3) is 0.125. The van der Waals surface area contributed by atoms with E-state index in [0.29, 0.717) is 0 Å². The number of nitriles is 1. The van der Waals surface area contributed by atoms with Gasteiger partial charge in [-0.05, 0) is 6.07 Å². The first-order valence-electron chi connectivity index (χ1n) is 3.58. The number of halogens is 4. The summed E-state index contributed by atoms with van der Waals surface area (Å²) in [6.45, 7) is 0. The number of nitrogens with zero attached hydrogens (tertiary/aromatic N) is 1. The summed E-state index contributed by atoms with van der Waals surface area (Å²) in [6.07, 6.45) is -4.85. The maximum atomic E-state index is 11.9. The Morgan fingerprint density at radius 2 is 2.00 bits per heavy atom. The maximum Gasteiger partial charge on any atom is 0.573 e. The van der Waals surface area contributed by atoms with Crippen molar-refractivity contribution in [3.8, 4) is 11.8 Å². The molecular weight excluding hydrogens is 233 g/mol. The number of ether oxygens (including phenoxy) is 1. The van der Waals surface area contributed by atoms with Crippen LogP contribution in [0.15, 0.2) is 12.1 Å². The molecule has 80 valence electrons. The molecule has 15 heavy (non-hydrogen) atoms. The molecule has 0 amide bonds. The summed E-state index contributed by atoms with van der Waals surface area (Å²) in [7, 11) is 0. The summed E-state index contributed by atoms with van der Waals surface area (Å²) < 4.78 is 39.2. The van der Waals surface area contributed by atoms with Crippen molar-refractivity contribution in [1.29, 1.82) is 5.26 Å². The second-order valence-electron chi connectivity index (χ2n) is 2.53. The van der Waals surface area contributed by atoms with E-state index in [1.54, 1.807) is 6.07 Å². The van der Waals surface area contributed by atoms with Crippen LogP contribution in [0.25, 0.3) is 0 Å². The van der Waals surface area contributed by atoms with Gasteiger partial charge in [-0.1, -0.05) is 11.6 Å². The third-order valence-electron chi connectivity index (χ3n) is 1.45. The number of nitrogens with two attached hydrogens (primary N) is 1. The summed E-state index contributed by atoms with van der Waals surface area (Å²) in [5.74, 6) is -0.644. The molecule has 0 radical (unpaired) electrons. The van der Waals surface area contributed by atoms with E-state index < -0.39 is 12.1 Å². The molecular formula is C8H4ClF3N2O. The number of alkyl halides is 3. The Morgan fingerprint density at radius 1 is 1.40 bits per heavy atom. The summed E-state index contributed by atoms with van der Waals surface area (Å²) in [5.41, 5.74) is 5.19. The van der Waals surface area contributed by atoms with Crippen LogP contribution in [-0.4, -0.2) is 6.36 Å². The van der Waals surface area contributed by atoms with E-state index in [0.717, 1.165) is 12.1 Å². The van der Waals surface area contributed by atoms with Crippen LogP contribution >= 0.6 is 11.6 Å². The monoisotopic (exact) mass is 236 g/mol. The van der Waals surface area contributed by atoms with Gasteiger partial charge in [-0.2, -0.15) is 5.26 Å². The quantitative estimate of drug-likeness (QED) is 0.763. The summed E-state index contributed by atoms with van der Waals surface area (Å²) in [5, 5.41) is 8.22. The molecule has 2 N–H and O–H groups in total. The second kappa shape index (κ2) is 3.87. The highest BCUT2D eigenvalue weighted by atomic mass is 35.5. The third-order valence-corrected chi connectivity index (χ3v) is 1.75. The molecule has 0 aliphatic heterocycles. The molecule has 0 aliphatic rings. The second-order valence-corrected chi connectivity index (χ2v) is 2.94. The molecule has 0 saturated heterocycles. The molecule has 0 spiro atoms. The number of rotatable bonds is 1. The van der Waals surface area contributed by atoms with Gasteiger partial charge in [0.25, 0.3) is 0 Å². The largest absolute Gasteiger partial charge is 0.573 e. The molecule has 0 fully saturated rings. The zero-order valence-electron chi connectivity index (χ0n) is 7.10. The Labute approximate surface area is 87.8 Å². The molecule has 0 saturated carbocycles. The van der Waals surface area contributed by atoms with E-state index in [-0.39, 0.29) is 16.3 Å². The van der Waals surface area contributed by atoms with E-state index in [1.807, 2.05) is 0 Å². The van der Waals surface area contributed by atoms with Gasteiger partial charge in [0.1, 0.15) is 11.8 Å². The number of anilines is 1. The molecule has 0 atom stereocenters. The van der Waals surface area contributed by atoms with Gasteiger partial charge >= 0.3 is 6.36 Å². The van der Waals surface area contributed by atoms with E-state index >= 15 is 0 Å². The predicted molar refractivity (Wildman–Crippen MR) is 47.3 cm³/mol. The third kappa shape index (κ3) is 2.92. The average Bonchev–Trinajstić information content (AvgIpc) is 2.07. The lowest BCUT2D eigenvalue weighted by Gasteiger charge is -2.11. The van der Waals surface area contributed by atoms with Crippen LogP contribution in [0.5, 0.6) is 5.75 Å². The van der Waals surface area contributed by atoms with Crippen molar-refractivity contribution in [2.75, 3.05) is 5.73 Å². The first-order valence-corrected chi connectivity index (χ1v) is 3.96. The molecule has 0 unspecified atom stereocenters. The summed E-state index contributed by atoms with van der Waals surface area (Å²) >= 11 is 5.45. The molecule has 0 aliphatic carbocycles. The molecule has 1 aromatic carbocycles. The van der Waals surface area contributed by atoms with Gasteiger partial charge in [-0.15, -0.1) is 13.2 Å². The molecule has 1 rings (SSSR count). The van der Waals surface area contributed by atoms with Gasteiger partial charge in [0, 0.05) is 6.07 Å². The van der Waals surface area contributed by atoms with Crippen molar-refractivity contribution in [1.82, 2.24) is 0 Å². The van der Waals surface area contributed by atoms with Gasteiger partial charge in [0.15, 0.2) is 0 Å². The van der Waals surface area contributed by atoms with Gasteiger partial charge in [0.05, 0.1) is 16.3 Å². The van der Waals surface area contributed by atoms with Crippen LogP contribution in [0.3, 0.4) is 0 Å². The zero-order chi connectivity index (χ0) is 11.6. The summed E-state index contributed by atoms with van der Waals surface area (Å²) in [6, 6.07) is 3.49. The molecule has 7 heteroatoms. The number of hydrogen-bond acceptors (Lipinski definition) is 3. The number of hydrogen-bond donors (Lipinski definition) is 1. The first kappa shape index (κ1) is 11.5. The van der Waals surface area contributed by atoms with Crippen LogP contribution in [0.2, 0.25) is 5.02 Å². The Balaban J connectivity index is 3.15. The first-order chi connectivity index (χ1) is 6.83. The molecule has 1 aromatic rings. The minimum absolute atomic E-state index is 0.00276. The van der Waals surface area contributed by atoms with Crippen LogP contribution < -0.4 is 10.5 Å². The van der Waals surface area contributed by atoms with Crippen molar-refractivity contribution in [3.63, 3.8) is 0 Å².